The topological polar surface area (TPSA) is 84.0 Å². The molecule has 2 aromatic carbocycles. The zero-order valence-electron chi connectivity index (χ0n) is 21.7. The molecule has 1 atom stereocenters. The Morgan fingerprint density at radius 1 is 1.05 bits per heavy atom. The van der Waals surface area contributed by atoms with Crippen molar-refractivity contribution in [2.24, 2.45) is 0 Å². The smallest absolute Gasteiger partial charge is 0.416 e. The monoisotopic (exact) mass is 576 g/mol. The number of hydrogen-bond acceptors (Lipinski definition) is 6. The number of carbonyl (C=O) groups is 2. The van der Waals surface area contributed by atoms with E-state index in [4.69, 9.17) is 21.1 Å². The van der Waals surface area contributed by atoms with E-state index in [0.717, 1.165) is 23.8 Å². The fraction of sp³-hybridized carbons (Fsp3) is 0.321. The number of piperazine rings is 1. The Balaban J connectivity index is 1.50. The highest BCUT2D eigenvalue weighted by molar-refractivity contribution is 6.32. The molecule has 1 aliphatic rings. The highest BCUT2D eigenvalue weighted by atomic mass is 35.5. The van der Waals surface area contributed by atoms with E-state index in [1.165, 1.54) is 18.3 Å². The summed E-state index contributed by atoms with van der Waals surface area (Å²) in [6, 6.07) is 13.9. The molecule has 1 fully saturated rings. The van der Waals surface area contributed by atoms with E-state index in [9.17, 15) is 22.8 Å². The molecule has 12 heteroatoms. The van der Waals surface area contributed by atoms with E-state index in [1.54, 1.807) is 4.90 Å². The predicted molar refractivity (Wildman–Crippen MR) is 142 cm³/mol. The van der Waals surface area contributed by atoms with Crippen molar-refractivity contribution in [1.29, 1.82) is 0 Å². The van der Waals surface area contributed by atoms with Gasteiger partial charge in [0.1, 0.15) is 17.4 Å². The van der Waals surface area contributed by atoms with Crippen molar-refractivity contribution in [3.8, 4) is 11.6 Å². The van der Waals surface area contributed by atoms with Gasteiger partial charge in [0.25, 0.3) is 5.91 Å². The summed E-state index contributed by atoms with van der Waals surface area (Å²) >= 11 is 6.02. The second-order valence-electron chi connectivity index (χ2n) is 9.26. The molecule has 0 unspecified atom stereocenters. The van der Waals surface area contributed by atoms with E-state index < -0.39 is 23.7 Å². The number of pyridine rings is 1. The number of benzene rings is 2. The molecular weight excluding hydrogens is 549 g/mol. The number of amides is 2. The Morgan fingerprint density at radius 3 is 2.45 bits per heavy atom. The predicted octanol–water partition coefficient (Wildman–Crippen LogP) is 4.64. The average Bonchev–Trinajstić information content (AvgIpc) is 2.94. The number of nitrogens with one attached hydrogen (secondary N) is 1. The van der Waals surface area contributed by atoms with E-state index in [1.807, 2.05) is 37.4 Å². The van der Waals surface area contributed by atoms with Crippen LogP contribution in [0.2, 0.25) is 5.02 Å². The van der Waals surface area contributed by atoms with Gasteiger partial charge in [-0.1, -0.05) is 41.9 Å². The molecule has 8 nitrogen and oxygen atoms in total. The first-order chi connectivity index (χ1) is 19.1. The summed E-state index contributed by atoms with van der Waals surface area (Å²) in [6.45, 7) is 2.59. The lowest BCUT2D eigenvalue weighted by Gasteiger charge is -2.34. The van der Waals surface area contributed by atoms with E-state index in [0.29, 0.717) is 26.2 Å². The summed E-state index contributed by atoms with van der Waals surface area (Å²) in [5.41, 5.74) is -0.0571. The molecule has 2 heterocycles. The molecule has 0 radical (unpaired) electrons. The van der Waals surface area contributed by atoms with Crippen molar-refractivity contribution < 1.29 is 32.2 Å². The Bertz CT molecular complexity index is 1320. The first kappa shape index (κ1) is 29.3. The van der Waals surface area contributed by atoms with E-state index in [-0.39, 0.29) is 41.3 Å². The van der Waals surface area contributed by atoms with Crippen LogP contribution in [0.15, 0.2) is 66.9 Å². The third-order valence-corrected chi connectivity index (χ3v) is 6.59. The van der Waals surface area contributed by atoms with Gasteiger partial charge in [-0.3, -0.25) is 9.59 Å². The first-order valence-corrected chi connectivity index (χ1v) is 12.9. The van der Waals surface area contributed by atoms with Crippen LogP contribution >= 0.6 is 11.6 Å². The minimum Gasteiger partial charge on any atom is -0.437 e. The van der Waals surface area contributed by atoms with Crippen LogP contribution in [0.3, 0.4) is 0 Å². The SMILES string of the molecule is CN1CCN(C(=O)[C@@H](COCc2ccccc2)NC(=O)c2cccnc2Oc2ccc(C(F)(F)F)cc2Cl)CC1. The number of hydrogen-bond donors (Lipinski definition) is 1. The fourth-order valence-electron chi connectivity index (χ4n) is 4.04. The minimum absolute atomic E-state index is 0.0299. The number of aromatic nitrogens is 1. The molecular formula is C28H28ClF3N4O4. The molecule has 2 amide bonds. The summed E-state index contributed by atoms with van der Waals surface area (Å²) in [5.74, 6) is -1.25. The standard InChI is InChI=1S/C28H28ClF3N4O4/c1-35-12-14-36(15-13-35)27(38)23(18-39-17-19-6-3-2-4-7-19)34-25(37)21-8-5-11-33-26(21)40-24-10-9-20(16-22(24)29)28(30,31)32/h2-11,16,23H,12-15,17-18H2,1H3,(H,34,37)/t23-/m1/s1. The molecule has 4 rings (SSSR count). The molecule has 1 aliphatic heterocycles. The molecule has 1 aromatic heterocycles. The maximum Gasteiger partial charge on any atom is 0.416 e. The molecule has 0 aliphatic carbocycles. The molecule has 1 saturated heterocycles. The van der Waals surface area contributed by atoms with Gasteiger partial charge in [0.05, 0.1) is 23.8 Å². The second-order valence-corrected chi connectivity index (χ2v) is 9.66. The summed E-state index contributed by atoms with van der Waals surface area (Å²) in [6.07, 6.45) is -3.22. The zero-order chi connectivity index (χ0) is 28.7. The van der Waals surface area contributed by atoms with Gasteiger partial charge in [-0.25, -0.2) is 4.98 Å². The van der Waals surface area contributed by atoms with Crippen molar-refractivity contribution in [3.63, 3.8) is 0 Å². The highest BCUT2D eigenvalue weighted by Gasteiger charge is 2.32. The lowest BCUT2D eigenvalue weighted by atomic mass is 10.2. The summed E-state index contributed by atoms with van der Waals surface area (Å²) in [7, 11) is 1.97. The number of rotatable bonds is 9. The second kappa shape index (κ2) is 13.1. The highest BCUT2D eigenvalue weighted by Crippen LogP contribution is 2.36. The van der Waals surface area contributed by atoms with Crippen molar-refractivity contribution in [2.45, 2.75) is 18.8 Å². The van der Waals surface area contributed by atoms with Crippen LogP contribution in [0.4, 0.5) is 13.2 Å². The Kier molecular flexibility index (Phi) is 9.62. The number of halogens is 4. The van der Waals surface area contributed by atoms with Gasteiger partial charge >= 0.3 is 6.18 Å². The van der Waals surface area contributed by atoms with Crippen LogP contribution < -0.4 is 10.1 Å². The van der Waals surface area contributed by atoms with E-state index in [2.05, 4.69) is 15.2 Å². The number of carbonyl (C=O) groups excluding carboxylic acids is 2. The van der Waals surface area contributed by atoms with Crippen LogP contribution in [0.5, 0.6) is 11.6 Å². The van der Waals surface area contributed by atoms with Crippen molar-refractivity contribution in [2.75, 3.05) is 39.8 Å². The minimum atomic E-state index is -4.58. The van der Waals surface area contributed by atoms with Gasteiger partial charge in [0.2, 0.25) is 11.8 Å². The fourth-order valence-corrected chi connectivity index (χ4v) is 4.25. The zero-order valence-corrected chi connectivity index (χ0v) is 22.4. The molecule has 212 valence electrons. The van der Waals surface area contributed by atoms with Gasteiger partial charge in [-0.15, -0.1) is 0 Å². The summed E-state index contributed by atoms with van der Waals surface area (Å²) in [5, 5.41) is 2.43. The number of ether oxygens (including phenoxy) is 2. The number of nitrogens with zero attached hydrogens (tertiary/aromatic N) is 3. The van der Waals surface area contributed by atoms with Gasteiger partial charge < -0.3 is 24.6 Å². The summed E-state index contributed by atoms with van der Waals surface area (Å²) < 4.78 is 50.5. The van der Waals surface area contributed by atoms with Crippen LogP contribution in [-0.4, -0.2) is 72.5 Å². The Morgan fingerprint density at radius 2 is 1.77 bits per heavy atom. The molecule has 40 heavy (non-hydrogen) atoms. The average molecular weight is 577 g/mol. The van der Waals surface area contributed by atoms with Crippen molar-refractivity contribution >= 4 is 23.4 Å². The van der Waals surface area contributed by atoms with Gasteiger partial charge in [0.15, 0.2) is 0 Å². The molecule has 1 N–H and O–H groups in total. The maximum atomic E-state index is 13.4. The van der Waals surface area contributed by atoms with Gasteiger partial charge in [-0.05, 0) is 42.9 Å². The lowest BCUT2D eigenvalue weighted by Crippen LogP contribution is -2.55. The van der Waals surface area contributed by atoms with Gasteiger partial charge in [-0.2, -0.15) is 13.2 Å². The normalized spacial score (nSPS) is 15.0. The molecule has 0 spiro atoms. The van der Waals surface area contributed by atoms with Crippen LogP contribution in [0.25, 0.3) is 0 Å². The third kappa shape index (κ3) is 7.71. The molecule has 0 bridgehead atoms. The maximum absolute atomic E-state index is 13.4. The van der Waals surface area contributed by atoms with E-state index >= 15 is 0 Å². The quantitative estimate of drug-likeness (QED) is 0.400. The number of alkyl halides is 3. The lowest BCUT2D eigenvalue weighted by molar-refractivity contribution is -0.138. The molecule has 0 saturated carbocycles. The third-order valence-electron chi connectivity index (χ3n) is 6.30. The summed E-state index contributed by atoms with van der Waals surface area (Å²) in [4.78, 5) is 34.6. The van der Waals surface area contributed by atoms with Crippen molar-refractivity contribution in [3.05, 3.63) is 88.6 Å². The van der Waals surface area contributed by atoms with Crippen LogP contribution in [0, 0.1) is 0 Å². The van der Waals surface area contributed by atoms with Crippen molar-refractivity contribution in [1.82, 2.24) is 20.1 Å². The largest absolute Gasteiger partial charge is 0.437 e. The Hall–Kier alpha value is -3.67. The Labute approximate surface area is 234 Å². The van der Waals surface area contributed by atoms with Crippen LogP contribution in [0.1, 0.15) is 21.5 Å². The number of likely N-dealkylation sites (N-methyl/N-ethyl adjacent to an activating group) is 1. The first-order valence-electron chi connectivity index (χ1n) is 12.5. The van der Waals surface area contributed by atoms with Crippen LogP contribution in [-0.2, 0) is 22.3 Å². The molecule has 3 aromatic rings. The van der Waals surface area contributed by atoms with Gasteiger partial charge in [0, 0.05) is 32.4 Å².